The normalized spacial score (nSPS) is 19.1. The first-order valence-electron chi connectivity index (χ1n) is 7.13. The van der Waals surface area contributed by atoms with Crippen LogP contribution in [0.4, 0.5) is 5.69 Å². The summed E-state index contributed by atoms with van der Waals surface area (Å²) >= 11 is 0. The van der Waals surface area contributed by atoms with Gasteiger partial charge < -0.3 is 10.2 Å². The van der Waals surface area contributed by atoms with Crippen LogP contribution in [-0.4, -0.2) is 24.4 Å². The van der Waals surface area contributed by atoms with Gasteiger partial charge >= 0.3 is 0 Å². The summed E-state index contributed by atoms with van der Waals surface area (Å²) in [5.41, 5.74) is 1.29. The van der Waals surface area contributed by atoms with Crippen molar-refractivity contribution in [3.8, 4) is 0 Å². The number of benzene rings is 1. The van der Waals surface area contributed by atoms with Crippen molar-refractivity contribution in [1.82, 2.24) is 5.32 Å². The lowest BCUT2D eigenvalue weighted by molar-refractivity contribution is -0.121. The van der Waals surface area contributed by atoms with Gasteiger partial charge in [0.05, 0.1) is 11.3 Å². The molecule has 0 fully saturated rings. The number of hydrogen-bond donors (Lipinski definition) is 1. The van der Waals surface area contributed by atoms with E-state index in [-0.39, 0.29) is 17.7 Å². The van der Waals surface area contributed by atoms with Gasteiger partial charge in [-0.15, -0.1) is 0 Å². The standard InChI is InChI=1S/C16H22N2O2/c1-10(2)9-18-13-8-6-5-7-12(13)15(19)17-14(11(3)4)16(18)20/h5-8,10-11,14H,9H2,1-4H3,(H,17,19). The topological polar surface area (TPSA) is 49.4 Å². The van der Waals surface area contributed by atoms with Crippen LogP contribution in [0.25, 0.3) is 0 Å². The van der Waals surface area contributed by atoms with E-state index in [1.807, 2.05) is 32.0 Å². The predicted octanol–water partition coefficient (Wildman–Crippen LogP) is 2.44. The maximum absolute atomic E-state index is 12.7. The summed E-state index contributed by atoms with van der Waals surface area (Å²) in [6.07, 6.45) is 0. The molecule has 4 nitrogen and oxygen atoms in total. The van der Waals surface area contributed by atoms with Crippen LogP contribution >= 0.6 is 0 Å². The monoisotopic (exact) mass is 274 g/mol. The molecule has 108 valence electrons. The molecule has 2 rings (SSSR count). The average Bonchev–Trinajstić information content (AvgIpc) is 2.49. The second-order valence-corrected chi connectivity index (χ2v) is 6.05. The molecule has 4 heteroatoms. The molecule has 1 heterocycles. The van der Waals surface area contributed by atoms with Crippen molar-refractivity contribution in [1.29, 1.82) is 0 Å². The van der Waals surface area contributed by atoms with Gasteiger partial charge in [-0.3, -0.25) is 9.59 Å². The lowest BCUT2D eigenvalue weighted by Gasteiger charge is -2.28. The second kappa shape index (κ2) is 5.65. The molecule has 20 heavy (non-hydrogen) atoms. The third-order valence-corrected chi connectivity index (χ3v) is 3.47. The Bertz CT molecular complexity index is 523. The minimum absolute atomic E-state index is 0.0213. The van der Waals surface area contributed by atoms with E-state index in [1.54, 1.807) is 11.0 Å². The number of amides is 2. The van der Waals surface area contributed by atoms with E-state index in [2.05, 4.69) is 19.2 Å². The summed E-state index contributed by atoms with van der Waals surface area (Å²) in [6, 6.07) is 6.84. The first kappa shape index (κ1) is 14.6. The first-order valence-corrected chi connectivity index (χ1v) is 7.13. The van der Waals surface area contributed by atoms with Crippen molar-refractivity contribution in [3.63, 3.8) is 0 Å². The van der Waals surface area contributed by atoms with Crippen molar-refractivity contribution in [2.45, 2.75) is 33.7 Å². The molecule has 1 aliphatic rings. The molecule has 1 aromatic carbocycles. The van der Waals surface area contributed by atoms with Gasteiger partial charge in [0.1, 0.15) is 6.04 Å². The van der Waals surface area contributed by atoms with Crippen molar-refractivity contribution < 1.29 is 9.59 Å². The molecule has 2 amide bonds. The molecule has 0 spiro atoms. The maximum atomic E-state index is 12.7. The quantitative estimate of drug-likeness (QED) is 0.920. The van der Waals surface area contributed by atoms with Gasteiger partial charge in [0, 0.05) is 6.54 Å². The van der Waals surface area contributed by atoms with Gasteiger partial charge in [-0.05, 0) is 24.0 Å². The summed E-state index contributed by atoms with van der Waals surface area (Å²) in [7, 11) is 0. The number of para-hydroxylation sites is 1. The minimum atomic E-state index is -0.464. The van der Waals surface area contributed by atoms with Crippen LogP contribution in [0, 0.1) is 11.8 Å². The van der Waals surface area contributed by atoms with Crippen molar-refractivity contribution in [2.75, 3.05) is 11.4 Å². The largest absolute Gasteiger partial charge is 0.340 e. The molecule has 1 atom stereocenters. The summed E-state index contributed by atoms with van der Waals surface area (Å²) in [4.78, 5) is 26.8. The molecule has 0 aromatic heterocycles. The molecule has 1 N–H and O–H groups in total. The van der Waals surface area contributed by atoms with E-state index in [0.29, 0.717) is 23.7 Å². The Balaban J connectivity index is 2.51. The van der Waals surface area contributed by atoms with Crippen LogP contribution < -0.4 is 10.2 Å². The van der Waals surface area contributed by atoms with Crippen LogP contribution in [0.3, 0.4) is 0 Å². The maximum Gasteiger partial charge on any atom is 0.254 e. The molecule has 0 saturated heterocycles. The first-order chi connectivity index (χ1) is 9.41. The second-order valence-electron chi connectivity index (χ2n) is 6.05. The summed E-state index contributed by atoms with van der Waals surface area (Å²) in [6.45, 7) is 8.66. The van der Waals surface area contributed by atoms with Crippen LogP contribution in [0.1, 0.15) is 38.1 Å². The van der Waals surface area contributed by atoms with Crippen LogP contribution in [-0.2, 0) is 4.79 Å². The SMILES string of the molecule is CC(C)CN1C(=O)C(C(C)C)NC(=O)c2ccccc21. The Morgan fingerprint density at radius 3 is 2.40 bits per heavy atom. The fraction of sp³-hybridized carbons (Fsp3) is 0.500. The number of carbonyl (C=O) groups excluding carboxylic acids is 2. The molecule has 0 radical (unpaired) electrons. The fourth-order valence-corrected chi connectivity index (χ4v) is 2.47. The molecule has 0 aliphatic carbocycles. The predicted molar refractivity (Wildman–Crippen MR) is 79.7 cm³/mol. The van der Waals surface area contributed by atoms with E-state index in [4.69, 9.17) is 0 Å². The highest BCUT2D eigenvalue weighted by Crippen LogP contribution is 2.26. The highest BCUT2D eigenvalue weighted by molar-refractivity contribution is 6.11. The lowest BCUT2D eigenvalue weighted by atomic mass is 10.0. The van der Waals surface area contributed by atoms with Gasteiger partial charge in [0.2, 0.25) is 5.91 Å². The Labute approximate surface area is 120 Å². The number of fused-ring (bicyclic) bond motifs is 1. The average molecular weight is 274 g/mol. The Morgan fingerprint density at radius 1 is 1.15 bits per heavy atom. The van der Waals surface area contributed by atoms with E-state index in [9.17, 15) is 9.59 Å². The highest BCUT2D eigenvalue weighted by atomic mass is 16.2. The minimum Gasteiger partial charge on any atom is -0.340 e. The van der Waals surface area contributed by atoms with Crippen molar-refractivity contribution >= 4 is 17.5 Å². The number of rotatable bonds is 3. The van der Waals surface area contributed by atoms with E-state index in [0.717, 1.165) is 0 Å². The molecule has 1 aliphatic heterocycles. The molecular weight excluding hydrogens is 252 g/mol. The van der Waals surface area contributed by atoms with Crippen LogP contribution in [0.5, 0.6) is 0 Å². The molecule has 1 unspecified atom stereocenters. The zero-order chi connectivity index (χ0) is 14.9. The summed E-state index contributed by atoms with van der Waals surface area (Å²) in [5.74, 6) is 0.217. The third-order valence-electron chi connectivity index (χ3n) is 3.47. The molecular formula is C16H22N2O2. The highest BCUT2D eigenvalue weighted by Gasteiger charge is 2.35. The summed E-state index contributed by atoms with van der Waals surface area (Å²) in [5, 5.41) is 2.86. The van der Waals surface area contributed by atoms with Gasteiger partial charge in [-0.2, -0.15) is 0 Å². The summed E-state index contributed by atoms with van der Waals surface area (Å²) < 4.78 is 0. The van der Waals surface area contributed by atoms with Crippen LogP contribution in [0.2, 0.25) is 0 Å². The number of anilines is 1. The zero-order valence-electron chi connectivity index (χ0n) is 12.5. The number of carbonyl (C=O) groups is 2. The third kappa shape index (κ3) is 2.69. The Kier molecular flexibility index (Phi) is 4.12. The van der Waals surface area contributed by atoms with Crippen molar-refractivity contribution in [3.05, 3.63) is 29.8 Å². The van der Waals surface area contributed by atoms with E-state index < -0.39 is 6.04 Å². The smallest absolute Gasteiger partial charge is 0.254 e. The Hall–Kier alpha value is -1.84. The fourth-order valence-electron chi connectivity index (χ4n) is 2.47. The van der Waals surface area contributed by atoms with Gasteiger partial charge in [-0.25, -0.2) is 0 Å². The van der Waals surface area contributed by atoms with E-state index in [1.165, 1.54) is 0 Å². The van der Waals surface area contributed by atoms with Crippen LogP contribution in [0.15, 0.2) is 24.3 Å². The molecule has 0 bridgehead atoms. The lowest BCUT2D eigenvalue weighted by Crippen LogP contribution is -2.49. The van der Waals surface area contributed by atoms with Gasteiger partial charge in [0.15, 0.2) is 0 Å². The van der Waals surface area contributed by atoms with Gasteiger partial charge in [0.25, 0.3) is 5.91 Å². The zero-order valence-corrected chi connectivity index (χ0v) is 12.5. The number of nitrogens with zero attached hydrogens (tertiary/aromatic N) is 1. The molecule has 1 aromatic rings. The van der Waals surface area contributed by atoms with E-state index >= 15 is 0 Å². The number of nitrogens with one attached hydrogen (secondary N) is 1. The van der Waals surface area contributed by atoms with Gasteiger partial charge in [-0.1, -0.05) is 39.8 Å². The Morgan fingerprint density at radius 2 is 1.80 bits per heavy atom. The molecule has 0 saturated carbocycles. The van der Waals surface area contributed by atoms with Crippen molar-refractivity contribution in [2.24, 2.45) is 11.8 Å². The number of hydrogen-bond acceptors (Lipinski definition) is 2.